The summed E-state index contributed by atoms with van der Waals surface area (Å²) in [6.45, 7) is 2.13. The topological polar surface area (TPSA) is 0 Å². The minimum atomic E-state index is -0.137. The van der Waals surface area contributed by atoms with Crippen molar-refractivity contribution in [2.24, 2.45) is 5.92 Å². The molecule has 0 nitrogen and oxygen atoms in total. The molecule has 1 fully saturated rings. The molecule has 1 saturated carbocycles. The molecular formula is C24H25FS. The van der Waals surface area contributed by atoms with E-state index in [4.69, 9.17) is 0 Å². The van der Waals surface area contributed by atoms with Crippen molar-refractivity contribution < 1.29 is 4.39 Å². The van der Waals surface area contributed by atoms with Gasteiger partial charge in [-0.1, -0.05) is 62.9 Å². The summed E-state index contributed by atoms with van der Waals surface area (Å²) in [5, 5.41) is 0. The van der Waals surface area contributed by atoms with Crippen LogP contribution in [0.25, 0.3) is 21.6 Å². The van der Waals surface area contributed by atoms with Crippen molar-refractivity contribution in [3.63, 3.8) is 0 Å². The van der Waals surface area contributed by atoms with Crippen LogP contribution in [0.2, 0.25) is 0 Å². The first kappa shape index (κ1) is 17.5. The average Bonchev–Trinajstić information content (AvgIpc) is 3.34. The van der Waals surface area contributed by atoms with Crippen molar-refractivity contribution in [3.8, 4) is 21.6 Å². The van der Waals surface area contributed by atoms with Gasteiger partial charge in [0, 0.05) is 15.3 Å². The van der Waals surface area contributed by atoms with E-state index in [0.29, 0.717) is 5.56 Å². The lowest BCUT2D eigenvalue weighted by Crippen LogP contribution is -1.98. The molecule has 0 amide bonds. The first-order chi connectivity index (χ1) is 12.7. The molecule has 0 spiro atoms. The minimum absolute atomic E-state index is 0.137. The van der Waals surface area contributed by atoms with E-state index in [1.807, 2.05) is 18.2 Å². The Balaban J connectivity index is 1.53. The predicted molar refractivity (Wildman–Crippen MR) is 110 cm³/mol. The lowest BCUT2D eigenvalue weighted by Gasteiger charge is -2.10. The molecule has 0 unspecified atom stereocenters. The molecule has 0 bridgehead atoms. The molecule has 26 heavy (non-hydrogen) atoms. The Labute approximate surface area is 159 Å². The number of hydrogen-bond donors (Lipinski definition) is 0. The Kier molecular flexibility index (Phi) is 5.21. The van der Waals surface area contributed by atoms with Crippen LogP contribution in [0.3, 0.4) is 0 Å². The van der Waals surface area contributed by atoms with Crippen LogP contribution in [0.5, 0.6) is 0 Å². The van der Waals surface area contributed by atoms with Crippen LogP contribution in [0.15, 0.2) is 54.6 Å². The van der Waals surface area contributed by atoms with E-state index >= 15 is 0 Å². The van der Waals surface area contributed by atoms with Gasteiger partial charge in [-0.25, -0.2) is 4.39 Å². The second-order valence-electron chi connectivity index (χ2n) is 7.37. The average molecular weight is 365 g/mol. The largest absolute Gasteiger partial charge is 0.206 e. The molecular weight excluding hydrogens is 339 g/mol. The SMILES string of the molecule is CCc1ccc(-c2ccc(-c3ccc(CC4CCCC4)cc3)cc2F)s1. The van der Waals surface area contributed by atoms with Crippen LogP contribution in [0, 0.1) is 11.7 Å². The molecule has 134 valence electrons. The fourth-order valence-electron chi connectivity index (χ4n) is 3.99. The lowest BCUT2D eigenvalue weighted by molar-refractivity contribution is 0.546. The zero-order valence-corrected chi connectivity index (χ0v) is 16.1. The third-order valence-corrected chi connectivity index (χ3v) is 6.79. The smallest absolute Gasteiger partial charge is 0.132 e. The summed E-state index contributed by atoms with van der Waals surface area (Å²) in [6, 6.07) is 18.5. The van der Waals surface area contributed by atoms with E-state index in [0.717, 1.165) is 28.3 Å². The maximum Gasteiger partial charge on any atom is 0.132 e. The van der Waals surface area contributed by atoms with Crippen LogP contribution in [-0.2, 0) is 12.8 Å². The third kappa shape index (κ3) is 3.76. The van der Waals surface area contributed by atoms with Gasteiger partial charge in [0.05, 0.1) is 0 Å². The number of benzene rings is 2. The molecule has 0 N–H and O–H groups in total. The number of hydrogen-bond acceptors (Lipinski definition) is 1. The highest BCUT2D eigenvalue weighted by molar-refractivity contribution is 7.15. The van der Waals surface area contributed by atoms with Gasteiger partial charge in [-0.05, 0) is 59.7 Å². The Bertz CT molecular complexity index is 869. The number of rotatable bonds is 5. The zero-order chi connectivity index (χ0) is 17.9. The zero-order valence-electron chi connectivity index (χ0n) is 15.3. The van der Waals surface area contributed by atoms with E-state index in [1.54, 1.807) is 17.4 Å². The third-order valence-electron chi connectivity index (χ3n) is 5.53. The fraction of sp³-hybridized carbons (Fsp3) is 0.333. The molecule has 2 heteroatoms. The van der Waals surface area contributed by atoms with Crippen molar-refractivity contribution in [2.45, 2.75) is 45.4 Å². The summed E-state index contributed by atoms with van der Waals surface area (Å²) in [7, 11) is 0. The standard InChI is InChI=1S/C24H25FS/c1-2-21-12-14-24(26-21)22-13-11-20(16-23(22)25)19-9-7-18(8-10-19)15-17-5-3-4-6-17/h7-14,16-17H,2-6,15H2,1H3. The summed E-state index contributed by atoms with van der Waals surface area (Å²) < 4.78 is 14.7. The molecule has 1 aromatic heterocycles. The maximum atomic E-state index is 14.7. The Morgan fingerprint density at radius 2 is 1.65 bits per heavy atom. The van der Waals surface area contributed by atoms with Crippen LogP contribution in [0.4, 0.5) is 4.39 Å². The molecule has 4 rings (SSSR count). The van der Waals surface area contributed by atoms with E-state index in [1.165, 1.54) is 42.5 Å². The maximum absolute atomic E-state index is 14.7. The highest BCUT2D eigenvalue weighted by atomic mass is 32.1. The normalized spacial score (nSPS) is 14.8. The van der Waals surface area contributed by atoms with Gasteiger partial charge in [0.25, 0.3) is 0 Å². The van der Waals surface area contributed by atoms with Crippen LogP contribution >= 0.6 is 11.3 Å². The van der Waals surface area contributed by atoms with Gasteiger partial charge in [-0.15, -0.1) is 11.3 Å². The van der Waals surface area contributed by atoms with E-state index < -0.39 is 0 Å². The Morgan fingerprint density at radius 1 is 0.923 bits per heavy atom. The monoisotopic (exact) mass is 364 g/mol. The molecule has 0 radical (unpaired) electrons. The number of aryl methyl sites for hydroxylation is 1. The molecule has 1 aliphatic rings. The summed E-state index contributed by atoms with van der Waals surface area (Å²) in [5.41, 5.74) is 4.15. The van der Waals surface area contributed by atoms with Crippen LogP contribution < -0.4 is 0 Å². The van der Waals surface area contributed by atoms with Crippen LogP contribution in [0.1, 0.15) is 43.0 Å². The van der Waals surface area contributed by atoms with Gasteiger partial charge in [0.1, 0.15) is 5.82 Å². The highest BCUT2D eigenvalue weighted by Crippen LogP contribution is 2.33. The molecule has 3 aromatic rings. The predicted octanol–water partition coefficient (Wildman–Crippen LogP) is 7.52. The van der Waals surface area contributed by atoms with E-state index in [-0.39, 0.29) is 5.82 Å². The van der Waals surface area contributed by atoms with Gasteiger partial charge in [-0.2, -0.15) is 0 Å². The van der Waals surface area contributed by atoms with Gasteiger partial charge in [0.15, 0.2) is 0 Å². The summed E-state index contributed by atoms with van der Waals surface area (Å²) in [6.07, 6.45) is 7.70. The summed E-state index contributed by atoms with van der Waals surface area (Å²) in [5.74, 6) is 0.721. The van der Waals surface area contributed by atoms with Gasteiger partial charge >= 0.3 is 0 Å². The van der Waals surface area contributed by atoms with Crippen molar-refractivity contribution in [1.29, 1.82) is 0 Å². The molecule has 1 heterocycles. The van der Waals surface area contributed by atoms with E-state index in [2.05, 4.69) is 37.3 Å². The minimum Gasteiger partial charge on any atom is -0.206 e. The van der Waals surface area contributed by atoms with Gasteiger partial charge < -0.3 is 0 Å². The van der Waals surface area contributed by atoms with Gasteiger partial charge in [0.2, 0.25) is 0 Å². The summed E-state index contributed by atoms with van der Waals surface area (Å²) >= 11 is 1.68. The quantitative estimate of drug-likeness (QED) is 0.439. The summed E-state index contributed by atoms with van der Waals surface area (Å²) in [4.78, 5) is 2.30. The molecule has 0 aliphatic heterocycles. The van der Waals surface area contributed by atoms with Crippen molar-refractivity contribution in [3.05, 3.63) is 70.9 Å². The first-order valence-electron chi connectivity index (χ1n) is 9.71. The lowest BCUT2D eigenvalue weighted by atomic mass is 9.96. The van der Waals surface area contributed by atoms with Crippen molar-refractivity contribution in [2.75, 3.05) is 0 Å². The molecule has 0 saturated heterocycles. The number of thiophene rings is 1. The second-order valence-corrected chi connectivity index (χ2v) is 8.53. The highest BCUT2D eigenvalue weighted by Gasteiger charge is 2.15. The molecule has 1 aliphatic carbocycles. The number of halogens is 1. The molecule has 2 aromatic carbocycles. The van der Waals surface area contributed by atoms with Crippen molar-refractivity contribution >= 4 is 11.3 Å². The fourth-order valence-corrected chi connectivity index (χ4v) is 4.96. The van der Waals surface area contributed by atoms with Gasteiger partial charge in [-0.3, -0.25) is 0 Å². The Hall–Kier alpha value is -1.93. The van der Waals surface area contributed by atoms with E-state index in [9.17, 15) is 4.39 Å². The second kappa shape index (κ2) is 7.75. The van der Waals surface area contributed by atoms with Crippen molar-refractivity contribution in [1.82, 2.24) is 0 Å². The van der Waals surface area contributed by atoms with Crippen LogP contribution in [-0.4, -0.2) is 0 Å². The first-order valence-corrected chi connectivity index (χ1v) is 10.5. The Morgan fingerprint density at radius 3 is 2.31 bits per heavy atom. The molecule has 0 atom stereocenters.